The zero-order valence-electron chi connectivity index (χ0n) is 9.95. The van der Waals surface area contributed by atoms with E-state index in [1.54, 1.807) is 19.1 Å². The number of carbonyl (C=O) groups is 1. The van der Waals surface area contributed by atoms with E-state index in [1.165, 1.54) is 18.2 Å². The minimum absolute atomic E-state index is 0.0500. The highest BCUT2D eigenvalue weighted by Gasteiger charge is 2.12. The van der Waals surface area contributed by atoms with Crippen molar-refractivity contribution in [1.29, 1.82) is 0 Å². The van der Waals surface area contributed by atoms with Crippen LogP contribution in [0, 0.1) is 12.7 Å². The number of nitrogens with zero attached hydrogens (tertiary/aromatic N) is 1. The van der Waals surface area contributed by atoms with Gasteiger partial charge in [0, 0.05) is 11.3 Å². The van der Waals surface area contributed by atoms with Crippen LogP contribution < -0.4 is 5.32 Å². The monoisotopic (exact) mass is 280 g/mol. The van der Waals surface area contributed by atoms with Crippen LogP contribution in [-0.2, 0) is 0 Å². The van der Waals surface area contributed by atoms with Crippen LogP contribution in [0.2, 0.25) is 5.02 Å². The van der Waals surface area contributed by atoms with Gasteiger partial charge in [-0.1, -0.05) is 17.7 Å². The molecule has 0 aliphatic carbocycles. The third-order valence-corrected chi connectivity index (χ3v) is 2.88. The Morgan fingerprint density at radius 2 is 2.11 bits per heavy atom. The van der Waals surface area contributed by atoms with Crippen molar-refractivity contribution in [3.63, 3.8) is 0 Å². The molecule has 0 aliphatic rings. The van der Waals surface area contributed by atoms with Gasteiger partial charge >= 0.3 is 5.97 Å². The number of anilines is 2. The van der Waals surface area contributed by atoms with E-state index in [-0.39, 0.29) is 22.4 Å². The lowest BCUT2D eigenvalue weighted by Crippen LogP contribution is -2.04. The van der Waals surface area contributed by atoms with Crippen molar-refractivity contribution in [1.82, 2.24) is 4.98 Å². The number of aromatic carboxylic acids is 1. The second kappa shape index (κ2) is 5.24. The van der Waals surface area contributed by atoms with Gasteiger partial charge in [0.2, 0.25) is 0 Å². The summed E-state index contributed by atoms with van der Waals surface area (Å²) in [5.41, 5.74) is 0.697. The smallest absolute Gasteiger partial charge is 0.356 e. The summed E-state index contributed by atoms with van der Waals surface area (Å²) in [6.45, 7) is 1.62. The number of hydrogen-bond donors (Lipinski definition) is 2. The molecule has 0 saturated heterocycles. The molecule has 19 heavy (non-hydrogen) atoms. The molecule has 1 aromatic heterocycles. The Morgan fingerprint density at radius 1 is 1.37 bits per heavy atom. The van der Waals surface area contributed by atoms with Crippen LogP contribution in [0.5, 0.6) is 0 Å². The summed E-state index contributed by atoms with van der Waals surface area (Å²) in [5.74, 6) is -1.28. The average molecular weight is 281 g/mol. The first-order valence-electron chi connectivity index (χ1n) is 5.41. The van der Waals surface area contributed by atoms with Crippen molar-refractivity contribution < 1.29 is 14.3 Å². The molecule has 0 aliphatic heterocycles. The second-order valence-electron chi connectivity index (χ2n) is 3.87. The molecule has 0 radical (unpaired) electrons. The first-order valence-corrected chi connectivity index (χ1v) is 5.79. The van der Waals surface area contributed by atoms with Gasteiger partial charge in [0.15, 0.2) is 5.69 Å². The number of carboxylic acid groups (broad SMARTS) is 1. The number of benzene rings is 1. The molecule has 0 bridgehead atoms. The van der Waals surface area contributed by atoms with E-state index in [0.717, 1.165) is 0 Å². The Balaban J connectivity index is 2.36. The highest BCUT2D eigenvalue weighted by molar-refractivity contribution is 6.33. The molecule has 2 aromatic rings. The van der Waals surface area contributed by atoms with Gasteiger partial charge in [-0.05, 0) is 31.2 Å². The fourth-order valence-electron chi connectivity index (χ4n) is 1.54. The number of pyridine rings is 1. The summed E-state index contributed by atoms with van der Waals surface area (Å²) >= 11 is 5.72. The lowest BCUT2D eigenvalue weighted by molar-refractivity contribution is 0.0691. The highest BCUT2D eigenvalue weighted by atomic mass is 35.5. The average Bonchev–Trinajstić information content (AvgIpc) is 2.37. The third-order valence-electron chi connectivity index (χ3n) is 2.58. The Kier molecular flexibility index (Phi) is 3.66. The molecule has 0 spiro atoms. The normalized spacial score (nSPS) is 10.3. The molecule has 0 amide bonds. The first kappa shape index (κ1) is 13.3. The van der Waals surface area contributed by atoms with Crippen LogP contribution in [0.4, 0.5) is 15.9 Å². The van der Waals surface area contributed by atoms with Gasteiger partial charge in [0.05, 0.1) is 5.02 Å². The standard InChI is InChI=1S/C13H10ClFN2O2/c1-7-9(15)3-2-4-10(7)16-11-6-5-8(14)12(17-11)13(18)19/h2-6H,1H3,(H,16,17)(H,18,19). The van der Waals surface area contributed by atoms with Gasteiger partial charge in [-0.3, -0.25) is 0 Å². The molecule has 2 rings (SSSR count). The maximum Gasteiger partial charge on any atom is 0.356 e. The van der Waals surface area contributed by atoms with Gasteiger partial charge in [-0.25, -0.2) is 14.2 Å². The van der Waals surface area contributed by atoms with E-state index in [2.05, 4.69) is 10.3 Å². The lowest BCUT2D eigenvalue weighted by atomic mass is 10.2. The van der Waals surface area contributed by atoms with Gasteiger partial charge in [0.25, 0.3) is 0 Å². The van der Waals surface area contributed by atoms with Gasteiger partial charge in [0.1, 0.15) is 11.6 Å². The van der Waals surface area contributed by atoms with E-state index in [0.29, 0.717) is 11.3 Å². The second-order valence-corrected chi connectivity index (χ2v) is 4.28. The highest BCUT2D eigenvalue weighted by Crippen LogP contribution is 2.23. The quantitative estimate of drug-likeness (QED) is 0.901. The number of carboxylic acids is 1. The molecule has 98 valence electrons. The predicted octanol–water partition coefficient (Wildman–Crippen LogP) is 3.62. The van der Waals surface area contributed by atoms with Crippen molar-refractivity contribution in [3.05, 3.63) is 52.4 Å². The third kappa shape index (κ3) is 2.82. The topological polar surface area (TPSA) is 62.2 Å². The van der Waals surface area contributed by atoms with Crippen LogP contribution in [0.15, 0.2) is 30.3 Å². The minimum Gasteiger partial charge on any atom is -0.476 e. The van der Waals surface area contributed by atoms with Gasteiger partial charge in [-0.2, -0.15) is 0 Å². The number of aromatic nitrogens is 1. The largest absolute Gasteiger partial charge is 0.476 e. The van der Waals surface area contributed by atoms with Crippen molar-refractivity contribution in [2.24, 2.45) is 0 Å². The van der Waals surface area contributed by atoms with Crippen molar-refractivity contribution in [3.8, 4) is 0 Å². The Bertz CT molecular complexity index is 647. The molecule has 0 atom stereocenters. The molecule has 0 fully saturated rings. The van der Waals surface area contributed by atoms with Crippen LogP contribution in [0.25, 0.3) is 0 Å². The Labute approximate surface area is 113 Å². The molecule has 0 saturated carbocycles. The maximum atomic E-state index is 13.4. The van der Waals surface area contributed by atoms with Crippen molar-refractivity contribution in [2.75, 3.05) is 5.32 Å². The van der Waals surface area contributed by atoms with Gasteiger partial charge < -0.3 is 10.4 Å². The van der Waals surface area contributed by atoms with Crippen molar-refractivity contribution in [2.45, 2.75) is 6.92 Å². The zero-order valence-corrected chi connectivity index (χ0v) is 10.7. The summed E-state index contributed by atoms with van der Waals surface area (Å²) in [7, 11) is 0. The molecule has 1 heterocycles. The number of rotatable bonds is 3. The van der Waals surface area contributed by atoms with E-state index in [1.807, 2.05) is 0 Å². The summed E-state index contributed by atoms with van der Waals surface area (Å²) < 4.78 is 13.4. The van der Waals surface area contributed by atoms with E-state index < -0.39 is 5.97 Å². The summed E-state index contributed by atoms with van der Waals surface area (Å²) in [4.78, 5) is 14.8. The Morgan fingerprint density at radius 3 is 2.79 bits per heavy atom. The summed E-state index contributed by atoms with van der Waals surface area (Å²) in [5, 5.41) is 11.8. The van der Waals surface area contributed by atoms with Crippen LogP contribution in [0.3, 0.4) is 0 Å². The summed E-state index contributed by atoms with van der Waals surface area (Å²) in [6.07, 6.45) is 0. The molecule has 1 aromatic carbocycles. The molecular weight excluding hydrogens is 271 g/mol. The van der Waals surface area contributed by atoms with Crippen LogP contribution in [-0.4, -0.2) is 16.1 Å². The van der Waals surface area contributed by atoms with E-state index in [4.69, 9.17) is 16.7 Å². The minimum atomic E-state index is -1.22. The molecular formula is C13H10ClFN2O2. The van der Waals surface area contributed by atoms with Gasteiger partial charge in [-0.15, -0.1) is 0 Å². The summed E-state index contributed by atoms with van der Waals surface area (Å²) in [6, 6.07) is 7.53. The number of halogens is 2. The molecule has 0 unspecified atom stereocenters. The van der Waals surface area contributed by atoms with Crippen molar-refractivity contribution >= 4 is 29.1 Å². The van der Waals surface area contributed by atoms with Crippen LogP contribution in [0.1, 0.15) is 16.1 Å². The molecule has 4 nitrogen and oxygen atoms in total. The molecule has 6 heteroatoms. The van der Waals surface area contributed by atoms with Crippen LogP contribution >= 0.6 is 11.6 Å². The maximum absolute atomic E-state index is 13.4. The van der Waals surface area contributed by atoms with E-state index in [9.17, 15) is 9.18 Å². The molecule has 2 N–H and O–H groups in total. The number of nitrogens with one attached hydrogen (secondary N) is 1. The first-order chi connectivity index (χ1) is 8.99. The fraction of sp³-hybridized carbons (Fsp3) is 0.0769. The van der Waals surface area contributed by atoms with E-state index >= 15 is 0 Å². The Hall–Kier alpha value is -2.14. The number of hydrogen-bond acceptors (Lipinski definition) is 3. The predicted molar refractivity (Wildman–Crippen MR) is 70.6 cm³/mol. The SMILES string of the molecule is Cc1c(F)cccc1Nc1ccc(Cl)c(C(=O)O)n1. The lowest BCUT2D eigenvalue weighted by Gasteiger charge is -2.10. The fourth-order valence-corrected chi connectivity index (χ4v) is 1.73. The zero-order chi connectivity index (χ0) is 14.0.